The fraction of sp³-hybridized carbons (Fsp3) is 0.296. The highest BCUT2D eigenvalue weighted by molar-refractivity contribution is 7.92. The molecule has 0 aromatic heterocycles. The Labute approximate surface area is 212 Å². The lowest BCUT2D eigenvalue weighted by Gasteiger charge is -2.25. The zero-order chi connectivity index (χ0) is 26.3. The van der Waals surface area contributed by atoms with E-state index in [1.807, 2.05) is 39.0 Å². The van der Waals surface area contributed by atoms with Gasteiger partial charge in [0, 0.05) is 6.07 Å². The van der Waals surface area contributed by atoms with Crippen LogP contribution < -0.4 is 23.8 Å². The fourth-order valence-corrected chi connectivity index (χ4v) is 4.95. The van der Waals surface area contributed by atoms with Crippen molar-refractivity contribution in [1.29, 1.82) is 0 Å². The molecule has 0 spiro atoms. The van der Waals surface area contributed by atoms with Crippen molar-refractivity contribution in [3.05, 3.63) is 77.4 Å². The van der Waals surface area contributed by atoms with Gasteiger partial charge >= 0.3 is 0 Å². The minimum Gasteiger partial charge on any atom is -0.493 e. The van der Waals surface area contributed by atoms with Gasteiger partial charge in [-0.25, -0.2) is 8.42 Å². The van der Waals surface area contributed by atoms with E-state index in [-0.39, 0.29) is 23.7 Å². The van der Waals surface area contributed by atoms with Gasteiger partial charge in [0.15, 0.2) is 11.5 Å². The lowest BCUT2D eigenvalue weighted by Crippen LogP contribution is -2.42. The number of sulfonamides is 1. The monoisotopic (exact) mass is 512 g/mol. The summed E-state index contributed by atoms with van der Waals surface area (Å²) in [5.41, 5.74) is 3.27. The molecule has 0 aliphatic heterocycles. The maximum Gasteiger partial charge on any atom is 0.264 e. The first-order valence-electron chi connectivity index (χ1n) is 11.4. The van der Waals surface area contributed by atoms with E-state index in [0.29, 0.717) is 11.5 Å². The fourth-order valence-electron chi connectivity index (χ4n) is 3.53. The van der Waals surface area contributed by atoms with Crippen molar-refractivity contribution in [2.24, 2.45) is 0 Å². The van der Waals surface area contributed by atoms with Gasteiger partial charge in [-0.2, -0.15) is 0 Å². The summed E-state index contributed by atoms with van der Waals surface area (Å²) in [5, 5.41) is 2.75. The number of hydrogen-bond acceptors (Lipinski definition) is 6. The third-order valence-corrected chi connectivity index (χ3v) is 7.36. The zero-order valence-electron chi connectivity index (χ0n) is 21.2. The molecular formula is C27H32N2O6S. The largest absolute Gasteiger partial charge is 0.493 e. The van der Waals surface area contributed by atoms with Crippen LogP contribution in [-0.2, 0) is 14.8 Å². The number of methoxy groups -OCH3 is 2. The molecule has 0 heterocycles. The lowest BCUT2D eigenvalue weighted by molar-refractivity contribution is -0.119. The van der Waals surface area contributed by atoms with Gasteiger partial charge in [-0.15, -0.1) is 0 Å². The van der Waals surface area contributed by atoms with Gasteiger partial charge in [0.2, 0.25) is 5.91 Å². The van der Waals surface area contributed by atoms with Crippen LogP contribution in [-0.4, -0.2) is 48.2 Å². The van der Waals surface area contributed by atoms with Crippen LogP contribution >= 0.6 is 0 Å². The summed E-state index contributed by atoms with van der Waals surface area (Å²) in [6, 6.07) is 17.1. The molecular weight excluding hydrogens is 480 g/mol. The van der Waals surface area contributed by atoms with Crippen molar-refractivity contribution in [3.8, 4) is 17.2 Å². The average Bonchev–Trinajstić information content (AvgIpc) is 2.86. The standard InChI is InChI=1S/C27H32N2O6S/c1-19-7-11-23(12-8-19)36(31,32)29(22-10-13-24(33-4)26(17-22)34-5)18-27(30)28-14-15-35-25-16-20(2)6-9-21(25)3/h6-13,16-17H,14-15,18H2,1-5H3,(H,28,30). The number of ether oxygens (including phenoxy) is 3. The minimum atomic E-state index is -4.05. The van der Waals surface area contributed by atoms with Crippen LogP contribution in [0.3, 0.4) is 0 Å². The van der Waals surface area contributed by atoms with E-state index in [0.717, 1.165) is 26.7 Å². The Hall–Kier alpha value is -3.72. The van der Waals surface area contributed by atoms with Crippen molar-refractivity contribution in [1.82, 2.24) is 5.32 Å². The zero-order valence-corrected chi connectivity index (χ0v) is 22.0. The molecule has 3 aromatic carbocycles. The molecule has 3 aromatic rings. The molecule has 0 fully saturated rings. The normalized spacial score (nSPS) is 11.0. The van der Waals surface area contributed by atoms with Crippen LogP contribution in [0.4, 0.5) is 5.69 Å². The molecule has 192 valence electrons. The summed E-state index contributed by atoms with van der Waals surface area (Å²) in [6.45, 7) is 5.84. The molecule has 8 nitrogen and oxygen atoms in total. The second kappa shape index (κ2) is 11.8. The topological polar surface area (TPSA) is 94.2 Å². The second-order valence-corrected chi connectivity index (χ2v) is 10.2. The number of nitrogens with zero attached hydrogens (tertiary/aromatic N) is 1. The van der Waals surface area contributed by atoms with E-state index in [4.69, 9.17) is 14.2 Å². The highest BCUT2D eigenvalue weighted by atomic mass is 32.2. The number of hydrogen-bond donors (Lipinski definition) is 1. The Kier molecular flexibility index (Phi) is 8.82. The first kappa shape index (κ1) is 26.9. The van der Waals surface area contributed by atoms with Gasteiger partial charge in [-0.05, 0) is 62.2 Å². The van der Waals surface area contributed by atoms with E-state index < -0.39 is 22.5 Å². The molecule has 1 amide bonds. The Balaban J connectivity index is 1.79. The maximum atomic E-state index is 13.6. The predicted molar refractivity (Wildman–Crippen MR) is 140 cm³/mol. The van der Waals surface area contributed by atoms with Crippen molar-refractivity contribution in [2.75, 3.05) is 38.2 Å². The second-order valence-electron chi connectivity index (χ2n) is 8.33. The molecule has 0 saturated carbocycles. The van der Waals surface area contributed by atoms with Gasteiger partial charge in [-0.3, -0.25) is 9.10 Å². The Bertz CT molecular complexity index is 1310. The van der Waals surface area contributed by atoms with Gasteiger partial charge < -0.3 is 19.5 Å². The van der Waals surface area contributed by atoms with Gasteiger partial charge in [0.05, 0.1) is 31.3 Å². The summed E-state index contributed by atoms with van der Waals surface area (Å²) >= 11 is 0. The van der Waals surface area contributed by atoms with Crippen molar-refractivity contribution < 1.29 is 27.4 Å². The molecule has 9 heteroatoms. The number of carbonyl (C=O) groups is 1. The van der Waals surface area contributed by atoms with Crippen LogP contribution in [0.1, 0.15) is 16.7 Å². The van der Waals surface area contributed by atoms with E-state index in [1.165, 1.54) is 32.4 Å². The first-order valence-corrected chi connectivity index (χ1v) is 12.9. The smallest absolute Gasteiger partial charge is 0.264 e. The molecule has 0 atom stereocenters. The third-order valence-electron chi connectivity index (χ3n) is 5.58. The SMILES string of the molecule is COc1ccc(N(CC(=O)NCCOc2cc(C)ccc2C)S(=O)(=O)c2ccc(C)cc2)cc1OC. The van der Waals surface area contributed by atoms with Crippen LogP contribution in [0.5, 0.6) is 17.2 Å². The van der Waals surface area contributed by atoms with E-state index in [1.54, 1.807) is 24.3 Å². The highest BCUT2D eigenvalue weighted by Gasteiger charge is 2.28. The van der Waals surface area contributed by atoms with Crippen LogP contribution in [0.25, 0.3) is 0 Å². The maximum absolute atomic E-state index is 13.6. The molecule has 36 heavy (non-hydrogen) atoms. The number of benzene rings is 3. The Morgan fingerprint density at radius 3 is 2.17 bits per heavy atom. The van der Waals surface area contributed by atoms with Gasteiger partial charge in [0.25, 0.3) is 10.0 Å². The number of aryl methyl sites for hydroxylation is 3. The van der Waals surface area contributed by atoms with Gasteiger partial charge in [-0.1, -0.05) is 29.8 Å². The quantitative estimate of drug-likeness (QED) is 0.390. The summed E-state index contributed by atoms with van der Waals surface area (Å²) < 4.78 is 44.6. The number of nitrogens with one attached hydrogen (secondary N) is 1. The molecule has 0 aliphatic carbocycles. The highest BCUT2D eigenvalue weighted by Crippen LogP contribution is 2.33. The molecule has 0 aliphatic rings. The summed E-state index contributed by atoms with van der Waals surface area (Å²) in [5.74, 6) is 1.08. The van der Waals surface area contributed by atoms with Gasteiger partial charge in [0.1, 0.15) is 18.9 Å². The van der Waals surface area contributed by atoms with Crippen molar-refractivity contribution >= 4 is 21.6 Å². The summed E-state index contributed by atoms with van der Waals surface area (Å²) in [7, 11) is -1.10. The molecule has 1 N–H and O–H groups in total. The Morgan fingerprint density at radius 2 is 1.50 bits per heavy atom. The summed E-state index contributed by atoms with van der Waals surface area (Å²) in [6.07, 6.45) is 0. The number of anilines is 1. The van der Waals surface area contributed by atoms with Crippen LogP contribution in [0.2, 0.25) is 0 Å². The minimum absolute atomic E-state index is 0.0777. The lowest BCUT2D eigenvalue weighted by atomic mass is 10.1. The van der Waals surface area contributed by atoms with E-state index >= 15 is 0 Å². The Morgan fingerprint density at radius 1 is 0.833 bits per heavy atom. The molecule has 0 unspecified atom stereocenters. The van der Waals surface area contributed by atoms with Crippen LogP contribution in [0, 0.1) is 20.8 Å². The first-order chi connectivity index (χ1) is 17.1. The number of carbonyl (C=O) groups excluding carboxylic acids is 1. The average molecular weight is 513 g/mol. The number of rotatable bonds is 11. The summed E-state index contributed by atoms with van der Waals surface area (Å²) in [4.78, 5) is 12.9. The molecule has 0 bridgehead atoms. The third kappa shape index (κ3) is 6.48. The molecule has 0 saturated heterocycles. The molecule has 3 rings (SSSR count). The molecule has 0 radical (unpaired) electrons. The van der Waals surface area contributed by atoms with E-state index in [2.05, 4.69) is 5.32 Å². The van der Waals surface area contributed by atoms with Crippen LogP contribution in [0.15, 0.2) is 65.6 Å². The number of amides is 1. The van der Waals surface area contributed by atoms with E-state index in [9.17, 15) is 13.2 Å². The predicted octanol–water partition coefficient (Wildman–Crippen LogP) is 4.02. The van der Waals surface area contributed by atoms with Crippen molar-refractivity contribution in [2.45, 2.75) is 25.7 Å². The van der Waals surface area contributed by atoms with Crippen molar-refractivity contribution in [3.63, 3.8) is 0 Å².